The Morgan fingerprint density at radius 2 is 2.03 bits per heavy atom. The number of hydrazine groups is 1. The first-order valence-electron chi connectivity index (χ1n) is 9.58. The quantitative estimate of drug-likeness (QED) is 0.526. The molecule has 1 aliphatic carbocycles. The maximum absolute atomic E-state index is 12.7. The molecule has 1 saturated carbocycles. The lowest BCUT2D eigenvalue weighted by Crippen LogP contribution is -2.51. The van der Waals surface area contributed by atoms with E-state index in [4.69, 9.17) is 9.15 Å². The van der Waals surface area contributed by atoms with Crippen LogP contribution in [0.3, 0.4) is 0 Å². The highest BCUT2D eigenvalue weighted by molar-refractivity contribution is 7.99. The van der Waals surface area contributed by atoms with Crippen molar-refractivity contribution in [2.45, 2.75) is 42.9 Å². The van der Waals surface area contributed by atoms with Crippen LogP contribution in [0.1, 0.15) is 32.1 Å². The number of methoxy groups -OCH3 is 1. The van der Waals surface area contributed by atoms with Crippen molar-refractivity contribution in [3.05, 3.63) is 24.3 Å². The Balaban J connectivity index is 1.35. The van der Waals surface area contributed by atoms with Gasteiger partial charge in [-0.15, -0.1) is 10.2 Å². The minimum atomic E-state index is -0.883. The van der Waals surface area contributed by atoms with Crippen LogP contribution in [0.5, 0.6) is 5.75 Å². The predicted molar refractivity (Wildman–Crippen MR) is 106 cm³/mol. The molecule has 158 valence electrons. The summed E-state index contributed by atoms with van der Waals surface area (Å²) in [4.78, 5) is 37.2. The summed E-state index contributed by atoms with van der Waals surface area (Å²) in [7, 11) is 1.54. The van der Waals surface area contributed by atoms with Crippen LogP contribution >= 0.6 is 11.8 Å². The molecule has 30 heavy (non-hydrogen) atoms. The normalized spacial score (nSPS) is 17.8. The number of carbonyl (C=O) groups is 3. The van der Waals surface area contributed by atoms with Crippen molar-refractivity contribution in [2.24, 2.45) is 0 Å². The fourth-order valence-electron chi connectivity index (χ4n) is 3.70. The summed E-state index contributed by atoms with van der Waals surface area (Å²) in [5.41, 5.74) is 2.14. The Bertz CT molecular complexity index is 972. The number of urea groups is 1. The molecule has 0 atom stereocenters. The van der Waals surface area contributed by atoms with Crippen molar-refractivity contribution in [3.8, 4) is 17.2 Å². The van der Waals surface area contributed by atoms with Crippen molar-refractivity contribution in [1.29, 1.82) is 0 Å². The van der Waals surface area contributed by atoms with Gasteiger partial charge in [0.05, 0.1) is 18.4 Å². The van der Waals surface area contributed by atoms with E-state index in [1.807, 2.05) is 12.1 Å². The van der Waals surface area contributed by atoms with E-state index in [2.05, 4.69) is 20.9 Å². The summed E-state index contributed by atoms with van der Waals surface area (Å²) >= 11 is 1.01. The number of imide groups is 1. The number of rotatable bonds is 6. The highest BCUT2D eigenvalue weighted by atomic mass is 32.2. The minimum absolute atomic E-state index is 0.0996. The maximum Gasteiger partial charge on any atom is 0.344 e. The Kier molecular flexibility index (Phi) is 5.62. The van der Waals surface area contributed by atoms with Crippen molar-refractivity contribution in [1.82, 2.24) is 25.9 Å². The molecule has 0 bridgehead atoms. The second kappa shape index (κ2) is 8.34. The molecule has 0 unspecified atom stereocenters. The van der Waals surface area contributed by atoms with Gasteiger partial charge in [0.25, 0.3) is 17.0 Å². The van der Waals surface area contributed by atoms with Crippen LogP contribution in [0.2, 0.25) is 0 Å². The van der Waals surface area contributed by atoms with Crippen LogP contribution in [0.15, 0.2) is 33.9 Å². The predicted octanol–water partition coefficient (Wildman–Crippen LogP) is 2.12. The standard InChI is InChI=1S/C19H21N5O5S/c1-28-13-8-4-3-7-12(13)15-21-22-18(29-15)30-11-14(25)23-24-16(26)19(20-17(24)27)9-5-2-6-10-19/h3-4,7-8H,2,5-6,9-11H2,1H3,(H,20,27)(H,23,25). The topological polar surface area (TPSA) is 127 Å². The Morgan fingerprint density at radius 1 is 1.27 bits per heavy atom. The zero-order valence-corrected chi connectivity index (χ0v) is 17.2. The number of amides is 4. The average Bonchev–Trinajstić information content (AvgIpc) is 3.32. The maximum atomic E-state index is 12.7. The highest BCUT2D eigenvalue weighted by Crippen LogP contribution is 2.33. The smallest absolute Gasteiger partial charge is 0.344 e. The molecule has 1 aromatic heterocycles. The van der Waals surface area contributed by atoms with E-state index in [1.54, 1.807) is 19.2 Å². The molecular formula is C19H21N5O5S. The molecule has 1 saturated heterocycles. The van der Waals surface area contributed by atoms with Gasteiger partial charge < -0.3 is 14.5 Å². The summed E-state index contributed by atoms with van der Waals surface area (Å²) < 4.78 is 10.9. The SMILES string of the molecule is COc1ccccc1-c1nnc(SCC(=O)NN2C(=O)NC3(CCCCC3)C2=O)o1. The van der Waals surface area contributed by atoms with Gasteiger partial charge in [-0.1, -0.05) is 43.2 Å². The number of thioether (sulfide) groups is 1. The van der Waals surface area contributed by atoms with Crippen LogP contribution in [0.4, 0.5) is 4.79 Å². The monoisotopic (exact) mass is 431 g/mol. The lowest BCUT2D eigenvalue weighted by atomic mass is 9.82. The van der Waals surface area contributed by atoms with E-state index < -0.39 is 23.4 Å². The molecule has 11 heteroatoms. The number of carbonyl (C=O) groups excluding carboxylic acids is 3. The van der Waals surface area contributed by atoms with E-state index in [0.29, 0.717) is 24.2 Å². The van der Waals surface area contributed by atoms with E-state index >= 15 is 0 Å². The van der Waals surface area contributed by atoms with Crippen LogP contribution < -0.4 is 15.5 Å². The third-order valence-electron chi connectivity index (χ3n) is 5.18. The molecule has 1 aliphatic heterocycles. The third kappa shape index (κ3) is 3.84. The van der Waals surface area contributed by atoms with Gasteiger partial charge in [0.15, 0.2) is 0 Å². The number of aromatic nitrogens is 2. The summed E-state index contributed by atoms with van der Waals surface area (Å²) in [5.74, 6) is -0.165. The molecule has 4 rings (SSSR count). The molecule has 4 amide bonds. The highest BCUT2D eigenvalue weighted by Gasteiger charge is 2.52. The molecule has 10 nitrogen and oxygen atoms in total. The minimum Gasteiger partial charge on any atom is -0.496 e. The Morgan fingerprint density at radius 3 is 2.80 bits per heavy atom. The molecule has 2 aliphatic rings. The van der Waals surface area contributed by atoms with E-state index in [1.165, 1.54) is 0 Å². The molecule has 2 N–H and O–H groups in total. The Hall–Kier alpha value is -3.08. The van der Waals surface area contributed by atoms with Gasteiger partial charge >= 0.3 is 6.03 Å². The first-order valence-corrected chi connectivity index (χ1v) is 10.6. The molecule has 1 aromatic carbocycles. The van der Waals surface area contributed by atoms with Gasteiger partial charge in [-0.3, -0.25) is 15.0 Å². The molecule has 0 radical (unpaired) electrons. The number of hydrogen-bond acceptors (Lipinski definition) is 8. The zero-order valence-electron chi connectivity index (χ0n) is 16.3. The number of ether oxygens (including phenoxy) is 1. The molecule has 2 fully saturated rings. The largest absolute Gasteiger partial charge is 0.496 e. The van der Waals surface area contributed by atoms with Crippen LogP contribution in [-0.4, -0.2) is 51.5 Å². The number of nitrogens with zero attached hydrogens (tertiary/aromatic N) is 3. The third-order valence-corrected chi connectivity index (χ3v) is 5.99. The zero-order chi connectivity index (χ0) is 21.1. The van der Waals surface area contributed by atoms with Gasteiger partial charge in [0.2, 0.25) is 5.91 Å². The fraction of sp³-hybridized carbons (Fsp3) is 0.421. The van der Waals surface area contributed by atoms with Crippen LogP contribution in [0.25, 0.3) is 11.5 Å². The number of nitrogens with one attached hydrogen (secondary N) is 2. The van der Waals surface area contributed by atoms with E-state index in [-0.39, 0.29) is 16.9 Å². The Labute approximate surface area is 176 Å². The molecule has 2 aromatic rings. The van der Waals surface area contributed by atoms with Crippen LogP contribution in [0, 0.1) is 0 Å². The van der Waals surface area contributed by atoms with Crippen molar-refractivity contribution >= 4 is 29.6 Å². The van der Waals surface area contributed by atoms with Crippen LogP contribution in [-0.2, 0) is 9.59 Å². The van der Waals surface area contributed by atoms with Gasteiger partial charge in [-0.25, -0.2) is 4.79 Å². The average molecular weight is 431 g/mol. The second-order valence-electron chi connectivity index (χ2n) is 7.11. The second-order valence-corrected chi connectivity index (χ2v) is 8.04. The summed E-state index contributed by atoms with van der Waals surface area (Å²) in [6, 6.07) is 6.60. The first kappa shape index (κ1) is 20.2. The number of para-hydroxylation sites is 1. The molecule has 1 spiro atoms. The lowest BCUT2D eigenvalue weighted by molar-refractivity contribution is -0.139. The first-order chi connectivity index (χ1) is 14.5. The van der Waals surface area contributed by atoms with Crippen molar-refractivity contribution in [2.75, 3.05) is 12.9 Å². The van der Waals surface area contributed by atoms with Crippen molar-refractivity contribution < 1.29 is 23.5 Å². The van der Waals surface area contributed by atoms with Gasteiger partial charge in [0.1, 0.15) is 11.3 Å². The van der Waals surface area contributed by atoms with Gasteiger partial charge in [-0.05, 0) is 25.0 Å². The van der Waals surface area contributed by atoms with Gasteiger partial charge in [0, 0.05) is 0 Å². The van der Waals surface area contributed by atoms with E-state index in [0.717, 1.165) is 36.0 Å². The fourth-order valence-corrected chi connectivity index (χ4v) is 4.25. The summed E-state index contributed by atoms with van der Waals surface area (Å²) in [6.45, 7) is 0. The van der Waals surface area contributed by atoms with Crippen molar-refractivity contribution in [3.63, 3.8) is 0 Å². The van der Waals surface area contributed by atoms with Gasteiger partial charge in [-0.2, -0.15) is 5.01 Å². The molecular weight excluding hydrogens is 410 g/mol. The summed E-state index contributed by atoms with van der Waals surface area (Å²) in [6.07, 6.45) is 3.96. The number of benzene rings is 1. The molecule has 2 heterocycles. The van der Waals surface area contributed by atoms with E-state index in [9.17, 15) is 14.4 Å². The number of hydrogen-bond donors (Lipinski definition) is 2. The lowest BCUT2D eigenvalue weighted by Gasteiger charge is -2.30. The summed E-state index contributed by atoms with van der Waals surface area (Å²) in [5, 5.41) is 11.6.